The molecule has 9 heteroatoms. The average molecular weight is 442 g/mol. The average Bonchev–Trinajstić information content (AvgIpc) is 3.36. The van der Waals surface area contributed by atoms with Crippen LogP contribution in [0.1, 0.15) is 23.7 Å². The van der Waals surface area contributed by atoms with Crippen LogP contribution < -0.4 is 5.32 Å². The first kappa shape index (κ1) is 21.5. The Bertz CT molecular complexity index is 1020. The second kappa shape index (κ2) is 9.57. The van der Waals surface area contributed by atoms with Crippen molar-refractivity contribution in [3.8, 4) is 0 Å². The molecule has 3 heterocycles. The Morgan fingerprint density at radius 2 is 1.81 bits per heavy atom. The van der Waals surface area contributed by atoms with E-state index in [0.29, 0.717) is 6.54 Å². The van der Waals surface area contributed by atoms with Crippen molar-refractivity contribution in [2.45, 2.75) is 33.5 Å². The molecule has 2 aromatic heterocycles. The van der Waals surface area contributed by atoms with Gasteiger partial charge in [-0.05, 0) is 43.8 Å². The molecule has 1 saturated heterocycles. The van der Waals surface area contributed by atoms with E-state index in [9.17, 15) is 4.39 Å². The summed E-state index contributed by atoms with van der Waals surface area (Å²) in [4.78, 5) is 4.55. The first-order valence-electron chi connectivity index (χ1n) is 10.6. The molecule has 0 unspecified atom stereocenters. The van der Waals surface area contributed by atoms with E-state index in [2.05, 4.69) is 39.2 Å². The molecule has 164 valence electrons. The Morgan fingerprint density at radius 1 is 1.06 bits per heavy atom. The minimum absolute atomic E-state index is 0.195. The molecule has 3 aromatic rings. The highest BCUT2D eigenvalue weighted by Gasteiger charge is 2.19. The quantitative estimate of drug-likeness (QED) is 0.594. The van der Waals surface area contributed by atoms with Gasteiger partial charge in [-0.25, -0.2) is 4.39 Å². The van der Waals surface area contributed by atoms with E-state index in [1.54, 1.807) is 6.20 Å². The Kier molecular flexibility index (Phi) is 6.62. The number of benzene rings is 1. The summed E-state index contributed by atoms with van der Waals surface area (Å²) >= 11 is 5.62. The van der Waals surface area contributed by atoms with E-state index in [1.807, 2.05) is 33.9 Å². The van der Waals surface area contributed by atoms with Crippen LogP contribution in [0.25, 0.3) is 0 Å². The molecule has 1 aromatic carbocycles. The molecule has 1 fully saturated rings. The van der Waals surface area contributed by atoms with Crippen LogP contribution in [-0.2, 0) is 19.6 Å². The number of aromatic nitrogens is 4. The summed E-state index contributed by atoms with van der Waals surface area (Å²) in [5, 5.41) is 12.9. The van der Waals surface area contributed by atoms with E-state index in [4.69, 9.17) is 12.2 Å². The second-order valence-corrected chi connectivity index (χ2v) is 8.20. The number of aryl methyl sites for hydroxylation is 1. The molecule has 0 atom stereocenters. The van der Waals surface area contributed by atoms with Crippen molar-refractivity contribution in [1.82, 2.24) is 29.4 Å². The number of thiocarbonyl (C=S) groups is 1. The van der Waals surface area contributed by atoms with Gasteiger partial charge < -0.3 is 10.2 Å². The fraction of sp³-hybridized carbons (Fsp3) is 0.409. The van der Waals surface area contributed by atoms with Crippen LogP contribution in [-0.4, -0.2) is 60.7 Å². The lowest BCUT2D eigenvalue weighted by molar-refractivity contribution is 0.177. The Hall–Kier alpha value is -2.78. The van der Waals surface area contributed by atoms with Crippen LogP contribution in [0.15, 0.2) is 42.9 Å². The van der Waals surface area contributed by atoms with Crippen molar-refractivity contribution in [3.05, 3.63) is 65.5 Å². The zero-order valence-electron chi connectivity index (χ0n) is 18.0. The van der Waals surface area contributed by atoms with E-state index in [-0.39, 0.29) is 5.82 Å². The third-order valence-corrected chi connectivity index (χ3v) is 6.06. The van der Waals surface area contributed by atoms with Crippen LogP contribution in [0.2, 0.25) is 0 Å². The lowest BCUT2D eigenvalue weighted by Crippen LogP contribution is -2.49. The van der Waals surface area contributed by atoms with E-state index >= 15 is 0 Å². The van der Waals surface area contributed by atoms with Gasteiger partial charge in [0.05, 0.1) is 24.6 Å². The van der Waals surface area contributed by atoms with E-state index < -0.39 is 0 Å². The smallest absolute Gasteiger partial charge is 0.173 e. The van der Waals surface area contributed by atoms with Gasteiger partial charge in [0.15, 0.2) is 5.11 Å². The summed E-state index contributed by atoms with van der Waals surface area (Å²) in [5.41, 5.74) is 4.35. The van der Waals surface area contributed by atoms with Crippen molar-refractivity contribution in [2.75, 3.05) is 31.5 Å². The van der Waals surface area contributed by atoms with Crippen LogP contribution in [0.4, 0.5) is 10.1 Å². The number of hydrogen-bond donors (Lipinski definition) is 1. The maximum absolute atomic E-state index is 13.1. The zero-order valence-corrected chi connectivity index (χ0v) is 18.8. The van der Waals surface area contributed by atoms with Crippen molar-refractivity contribution >= 4 is 23.0 Å². The predicted molar refractivity (Wildman–Crippen MR) is 123 cm³/mol. The van der Waals surface area contributed by atoms with Crippen molar-refractivity contribution in [3.63, 3.8) is 0 Å². The number of nitrogens with one attached hydrogen (secondary N) is 1. The highest BCUT2D eigenvalue weighted by atomic mass is 32.1. The van der Waals surface area contributed by atoms with Gasteiger partial charge in [-0.2, -0.15) is 10.2 Å². The number of nitrogens with zero attached hydrogens (tertiary/aromatic N) is 6. The molecule has 7 nitrogen and oxygen atoms in total. The molecule has 1 N–H and O–H groups in total. The summed E-state index contributed by atoms with van der Waals surface area (Å²) in [5.74, 6) is -0.195. The van der Waals surface area contributed by atoms with Crippen LogP contribution in [0.5, 0.6) is 0 Å². The maximum Gasteiger partial charge on any atom is 0.173 e. The summed E-state index contributed by atoms with van der Waals surface area (Å²) in [6.07, 6.45) is 5.68. The molecule has 0 amide bonds. The second-order valence-electron chi connectivity index (χ2n) is 7.82. The highest BCUT2D eigenvalue weighted by Crippen LogP contribution is 2.14. The predicted octanol–water partition coefficient (Wildman–Crippen LogP) is 3.11. The van der Waals surface area contributed by atoms with Gasteiger partial charge in [-0.1, -0.05) is 12.1 Å². The highest BCUT2D eigenvalue weighted by molar-refractivity contribution is 7.80. The third-order valence-electron chi connectivity index (χ3n) is 5.70. The minimum atomic E-state index is -0.195. The zero-order chi connectivity index (χ0) is 21.8. The van der Waals surface area contributed by atoms with Gasteiger partial charge in [0.2, 0.25) is 0 Å². The van der Waals surface area contributed by atoms with Crippen molar-refractivity contribution in [2.24, 2.45) is 0 Å². The van der Waals surface area contributed by atoms with Gasteiger partial charge in [0.1, 0.15) is 5.82 Å². The molecule has 0 saturated carbocycles. The molecular weight excluding hydrogens is 413 g/mol. The Labute approximate surface area is 187 Å². The molecule has 0 radical (unpaired) electrons. The fourth-order valence-corrected chi connectivity index (χ4v) is 4.11. The number of halogens is 1. The lowest BCUT2D eigenvalue weighted by atomic mass is 10.2. The molecular formula is C22H28FN7S. The number of anilines is 1. The lowest BCUT2D eigenvalue weighted by Gasteiger charge is -2.36. The van der Waals surface area contributed by atoms with Gasteiger partial charge in [0.25, 0.3) is 0 Å². The van der Waals surface area contributed by atoms with Crippen LogP contribution in [0, 0.1) is 12.7 Å². The van der Waals surface area contributed by atoms with Crippen LogP contribution in [0.3, 0.4) is 0 Å². The molecule has 1 aliphatic rings. The van der Waals surface area contributed by atoms with Gasteiger partial charge >= 0.3 is 0 Å². The molecule has 0 aliphatic carbocycles. The molecule has 0 spiro atoms. The molecule has 31 heavy (non-hydrogen) atoms. The molecule has 1 aliphatic heterocycles. The first-order chi connectivity index (χ1) is 15.0. The fourth-order valence-electron chi connectivity index (χ4n) is 3.81. The monoisotopic (exact) mass is 441 g/mol. The molecule has 0 bridgehead atoms. The largest absolute Gasteiger partial charge is 0.346 e. The van der Waals surface area contributed by atoms with Crippen LogP contribution >= 0.6 is 12.2 Å². The van der Waals surface area contributed by atoms with Gasteiger partial charge in [-0.15, -0.1) is 0 Å². The van der Waals surface area contributed by atoms with Gasteiger partial charge in [-0.3, -0.25) is 14.3 Å². The minimum Gasteiger partial charge on any atom is -0.346 e. The van der Waals surface area contributed by atoms with Crippen molar-refractivity contribution in [1.29, 1.82) is 0 Å². The summed E-state index contributed by atoms with van der Waals surface area (Å²) in [6, 6.07) is 6.73. The van der Waals surface area contributed by atoms with Gasteiger partial charge in [0, 0.05) is 56.7 Å². The van der Waals surface area contributed by atoms with E-state index in [0.717, 1.165) is 61.2 Å². The normalized spacial score (nSPS) is 14.7. The number of piperazine rings is 1. The maximum atomic E-state index is 13.1. The molecule has 4 rings (SSSR count). The van der Waals surface area contributed by atoms with Crippen molar-refractivity contribution < 1.29 is 4.39 Å². The summed E-state index contributed by atoms with van der Waals surface area (Å²) in [7, 11) is 0. The number of rotatable bonds is 6. The standard InChI is InChI=1S/C22H28FN7S/c1-3-30-17(2)19(12-25-30)15-29-16-21(13-24-29)26-22(31)28-10-8-27(9-11-28)14-18-4-6-20(23)7-5-18/h4-7,12-13,16H,3,8-11,14-15H2,1-2H3,(H,26,31). The van der Waals surface area contributed by atoms with E-state index in [1.165, 1.54) is 17.8 Å². The SMILES string of the molecule is CCn1ncc(Cn2cc(NC(=S)N3CCN(Cc4ccc(F)cc4)CC3)cn2)c1C. The topological polar surface area (TPSA) is 54.2 Å². The Balaban J connectivity index is 1.26. The summed E-state index contributed by atoms with van der Waals surface area (Å²) < 4.78 is 17.0. The Morgan fingerprint density at radius 3 is 2.48 bits per heavy atom. The number of hydrogen-bond acceptors (Lipinski definition) is 4. The summed E-state index contributed by atoms with van der Waals surface area (Å²) in [6.45, 7) is 10.1. The first-order valence-corrected chi connectivity index (χ1v) is 11.0. The third kappa shape index (κ3) is 5.29.